The number of pyridine rings is 2. The molecule has 0 amide bonds. The van der Waals surface area contributed by atoms with Crippen LogP contribution in [-0.2, 0) is 51.7 Å². The molecule has 1 N–H and O–H groups in total. The van der Waals surface area contributed by atoms with Gasteiger partial charge in [-0.1, -0.05) is 82.7 Å². The minimum Gasteiger partial charge on any atom is -0.508 e. The predicted molar refractivity (Wildman–Crippen MR) is 254 cm³/mol. The third-order valence-electron chi connectivity index (χ3n) is 13.6. The number of fused-ring (bicyclic) bond motifs is 10. The number of benzene rings is 3. The van der Waals surface area contributed by atoms with Gasteiger partial charge in [0.1, 0.15) is 54.1 Å². The molecule has 0 saturated heterocycles. The Morgan fingerprint density at radius 3 is 1.58 bits per heavy atom. The summed E-state index contributed by atoms with van der Waals surface area (Å²) in [6, 6.07) is 31.2. The summed E-state index contributed by atoms with van der Waals surface area (Å²) < 4.78 is 23.2. The van der Waals surface area contributed by atoms with Crippen molar-refractivity contribution in [1.82, 2.24) is 19.1 Å². The first-order valence-electron chi connectivity index (χ1n) is 23.8. The van der Waals surface area contributed by atoms with Gasteiger partial charge in [0.05, 0.1) is 24.5 Å². The number of hydrogen-bond donors (Lipinski definition) is 1. The molecule has 0 radical (unpaired) electrons. The van der Waals surface area contributed by atoms with E-state index in [9.17, 15) is 5.11 Å². The lowest BCUT2D eigenvalue weighted by atomic mass is 9.82. The first-order chi connectivity index (χ1) is 32.9. The number of ether oxygens (including phenoxy) is 3. The molecule has 0 unspecified atom stereocenters. The van der Waals surface area contributed by atoms with E-state index >= 15 is 0 Å². The lowest BCUT2D eigenvalue weighted by Crippen LogP contribution is -2.08. The normalized spacial score (nSPS) is 15.3. The number of aromatic hydroxyl groups is 1. The van der Waals surface area contributed by atoms with Gasteiger partial charge in [-0.05, 0) is 116 Å². The number of aromatic nitrogens is 4. The second kappa shape index (κ2) is 22.0. The Hall–Kier alpha value is -7.00. The second-order valence-corrected chi connectivity index (χ2v) is 17.5. The summed E-state index contributed by atoms with van der Waals surface area (Å²) in [6.45, 7) is 7.71. The molecule has 2 aliphatic heterocycles. The molecule has 4 aromatic heterocycles. The van der Waals surface area contributed by atoms with Gasteiger partial charge in [-0.3, -0.25) is 0 Å². The van der Waals surface area contributed by atoms with E-state index in [1.165, 1.54) is 103 Å². The fourth-order valence-corrected chi connectivity index (χ4v) is 10.6. The standard InChI is InChI=1S/C30H32N2O2.C23H26N2O2.2CO2/c1-2-23-13-15-26-28(22-11-7-4-8-12-22)29-25-16-14-24(34-20-21-9-5-3-6-10-21)19-27(25)33-18-17-32(29)30(26)31-23;1-2-16-8-10-19-21(15-6-4-3-5-7-15)22-18-11-9-17(26)14-20(18)27-13-12-25(22)23(19)24-16;2*2-1-3/h3,5-6,9-10,13-16,19,22H,2,4,7-8,11-12,17-18,20H2,1H3;8-11,14-15,26H,2-7,12-13H2,1H3;;. The number of carbonyl (C=O) groups excluding carboxylic acids is 4. The van der Waals surface area contributed by atoms with Crippen molar-refractivity contribution in [2.75, 3.05) is 13.2 Å². The SMILES string of the molecule is CCc1ccc2c(C3CCCCC3)c3n(c2n1)CCOc1cc(O)ccc1-3.CCc1ccc2c(C3CCCCC3)c3n(c2n1)CCOc1cc(OCc2ccccc2)ccc1-3.O=C=O.O=C=O. The van der Waals surface area contributed by atoms with Crippen molar-refractivity contribution in [2.24, 2.45) is 0 Å². The van der Waals surface area contributed by atoms with E-state index in [1.54, 1.807) is 12.1 Å². The van der Waals surface area contributed by atoms with Crippen LogP contribution in [0, 0.1) is 0 Å². The monoisotopic (exact) mass is 902 g/mol. The number of hydrogen-bond acceptors (Lipinski definition) is 10. The summed E-state index contributed by atoms with van der Waals surface area (Å²) in [4.78, 5) is 42.6. The number of aryl methyl sites for hydroxylation is 2. The summed E-state index contributed by atoms with van der Waals surface area (Å²) in [5.74, 6) is 3.96. The molecule has 3 aromatic carbocycles. The van der Waals surface area contributed by atoms with E-state index < -0.39 is 0 Å². The zero-order chi connectivity index (χ0) is 46.7. The Labute approximate surface area is 390 Å². The average Bonchev–Trinajstić information content (AvgIpc) is 3.69. The van der Waals surface area contributed by atoms with Gasteiger partial charge in [-0.15, -0.1) is 0 Å². The summed E-state index contributed by atoms with van der Waals surface area (Å²) in [5.41, 5.74) is 13.4. The van der Waals surface area contributed by atoms with Crippen LogP contribution in [0.5, 0.6) is 23.0 Å². The molecular formula is C55H58N4O8. The third kappa shape index (κ3) is 10.1. The molecule has 0 spiro atoms. The van der Waals surface area contributed by atoms with E-state index in [-0.39, 0.29) is 18.1 Å². The van der Waals surface area contributed by atoms with Crippen LogP contribution in [-0.4, -0.2) is 49.7 Å². The van der Waals surface area contributed by atoms with Crippen molar-refractivity contribution in [3.8, 4) is 45.5 Å². The lowest BCUT2D eigenvalue weighted by molar-refractivity contribution is -0.193. The van der Waals surface area contributed by atoms with Crippen LogP contribution in [0.15, 0.2) is 91.0 Å². The number of nitrogens with zero attached hydrogens (tertiary/aromatic N) is 4. The Balaban J connectivity index is 0.000000166. The second-order valence-electron chi connectivity index (χ2n) is 17.5. The van der Waals surface area contributed by atoms with Crippen LogP contribution in [0.3, 0.4) is 0 Å². The number of rotatable bonds is 7. The van der Waals surface area contributed by atoms with Crippen molar-refractivity contribution >= 4 is 34.4 Å². The molecule has 4 aliphatic rings. The Bertz CT molecular complexity index is 2870. The van der Waals surface area contributed by atoms with E-state index in [0.717, 1.165) is 77.0 Å². The molecule has 2 aliphatic carbocycles. The highest BCUT2D eigenvalue weighted by atomic mass is 16.5. The summed E-state index contributed by atoms with van der Waals surface area (Å²) in [5, 5.41) is 12.6. The van der Waals surface area contributed by atoms with Crippen molar-refractivity contribution in [3.63, 3.8) is 0 Å². The lowest BCUT2D eigenvalue weighted by Gasteiger charge is -2.23. The van der Waals surface area contributed by atoms with Gasteiger partial charge in [0, 0.05) is 45.4 Å². The topological polar surface area (TPSA) is 152 Å². The quantitative estimate of drug-likeness (QED) is 0.164. The molecule has 2 fully saturated rings. The number of phenolic OH excluding ortho intramolecular Hbond substituents is 1. The molecular weight excluding hydrogens is 845 g/mol. The van der Waals surface area contributed by atoms with E-state index in [1.807, 2.05) is 24.3 Å². The van der Waals surface area contributed by atoms with E-state index in [4.69, 9.17) is 43.4 Å². The molecule has 2 saturated carbocycles. The summed E-state index contributed by atoms with van der Waals surface area (Å²) in [7, 11) is 0. The van der Waals surface area contributed by atoms with Gasteiger partial charge in [0.25, 0.3) is 0 Å². The van der Waals surface area contributed by atoms with Crippen LogP contribution in [0.25, 0.3) is 44.6 Å². The van der Waals surface area contributed by atoms with Crippen molar-refractivity contribution in [1.29, 1.82) is 0 Å². The zero-order valence-corrected chi connectivity index (χ0v) is 38.4. The van der Waals surface area contributed by atoms with Gasteiger partial charge in [0.15, 0.2) is 0 Å². The first-order valence-corrected chi connectivity index (χ1v) is 23.8. The van der Waals surface area contributed by atoms with Gasteiger partial charge in [0.2, 0.25) is 0 Å². The molecule has 0 atom stereocenters. The van der Waals surface area contributed by atoms with Crippen LogP contribution in [0.4, 0.5) is 0 Å². The highest BCUT2D eigenvalue weighted by Crippen LogP contribution is 2.49. The molecule has 346 valence electrons. The predicted octanol–water partition coefficient (Wildman–Crippen LogP) is 11.5. The van der Waals surface area contributed by atoms with Crippen molar-refractivity contribution < 1.29 is 38.5 Å². The maximum absolute atomic E-state index is 9.96. The minimum absolute atomic E-state index is 0.250. The average molecular weight is 903 g/mol. The summed E-state index contributed by atoms with van der Waals surface area (Å²) >= 11 is 0. The summed E-state index contributed by atoms with van der Waals surface area (Å²) in [6.07, 6.45) is 15.3. The maximum Gasteiger partial charge on any atom is 0.373 e. The zero-order valence-electron chi connectivity index (χ0n) is 38.4. The maximum atomic E-state index is 9.96. The minimum atomic E-state index is 0.250. The van der Waals surface area contributed by atoms with Crippen LogP contribution in [0.2, 0.25) is 0 Å². The van der Waals surface area contributed by atoms with Crippen LogP contribution >= 0.6 is 0 Å². The highest BCUT2D eigenvalue weighted by molar-refractivity contribution is 5.93. The molecule has 7 aromatic rings. The Morgan fingerprint density at radius 1 is 0.612 bits per heavy atom. The van der Waals surface area contributed by atoms with Gasteiger partial charge < -0.3 is 28.5 Å². The van der Waals surface area contributed by atoms with Crippen LogP contribution in [0.1, 0.15) is 118 Å². The van der Waals surface area contributed by atoms with E-state index in [2.05, 4.69) is 77.6 Å². The number of phenols is 1. The third-order valence-corrected chi connectivity index (χ3v) is 13.6. The largest absolute Gasteiger partial charge is 0.508 e. The smallest absolute Gasteiger partial charge is 0.373 e. The highest BCUT2D eigenvalue weighted by Gasteiger charge is 2.32. The molecule has 6 heterocycles. The van der Waals surface area contributed by atoms with Crippen LogP contribution < -0.4 is 14.2 Å². The van der Waals surface area contributed by atoms with Crippen molar-refractivity contribution in [2.45, 2.75) is 122 Å². The van der Waals surface area contributed by atoms with Gasteiger partial charge in [-0.2, -0.15) is 19.2 Å². The Kier molecular flexibility index (Phi) is 15.3. The molecule has 67 heavy (non-hydrogen) atoms. The fraction of sp³-hybridized carbons (Fsp3) is 0.382. The van der Waals surface area contributed by atoms with Gasteiger partial charge >= 0.3 is 12.3 Å². The molecule has 12 nitrogen and oxygen atoms in total. The fourth-order valence-electron chi connectivity index (χ4n) is 10.6. The van der Waals surface area contributed by atoms with Gasteiger partial charge in [-0.25, -0.2) is 9.97 Å². The van der Waals surface area contributed by atoms with Crippen molar-refractivity contribution in [3.05, 3.63) is 119 Å². The molecule has 12 heteroatoms. The molecule has 11 rings (SSSR count). The Morgan fingerprint density at radius 2 is 1.09 bits per heavy atom. The molecule has 0 bridgehead atoms. The first kappa shape index (κ1) is 46.5. The van der Waals surface area contributed by atoms with E-state index in [0.29, 0.717) is 31.7 Å².